The third-order valence-corrected chi connectivity index (χ3v) is 7.52. The van der Waals surface area contributed by atoms with Gasteiger partial charge in [-0.3, -0.25) is 0 Å². The second-order valence-electron chi connectivity index (χ2n) is 13.8. The molecule has 0 amide bonds. The lowest BCUT2D eigenvalue weighted by atomic mass is 9.69. The molecule has 0 aliphatic heterocycles. The number of hydrogen-bond acceptors (Lipinski definition) is 5. The zero-order valence-corrected chi connectivity index (χ0v) is 27.5. The Morgan fingerprint density at radius 1 is 0.690 bits per heavy atom. The minimum absolute atomic E-state index is 0.176. The molecular formula is C37H52O5. The van der Waals surface area contributed by atoms with E-state index < -0.39 is 0 Å². The van der Waals surface area contributed by atoms with Crippen molar-refractivity contribution in [2.24, 2.45) is 10.8 Å². The molecule has 3 aromatic rings. The summed E-state index contributed by atoms with van der Waals surface area (Å²) < 4.78 is 23.3. The van der Waals surface area contributed by atoms with E-state index in [1.54, 1.807) is 14.2 Å². The van der Waals surface area contributed by atoms with Gasteiger partial charge in [0, 0.05) is 31.8 Å². The topological polar surface area (TPSA) is 57.2 Å². The molecule has 1 unspecified atom stereocenters. The molecule has 0 spiro atoms. The lowest BCUT2D eigenvalue weighted by Gasteiger charge is -2.36. The van der Waals surface area contributed by atoms with Crippen LogP contribution in [0, 0.1) is 24.7 Å². The molecule has 5 heteroatoms. The molecule has 0 bridgehead atoms. The van der Waals surface area contributed by atoms with Crippen LogP contribution in [0.3, 0.4) is 0 Å². The molecule has 230 valence electrons. The van der Waals surface area contributed by atoms with Crippen LogP contribution in [0.15, 0.2) is 48.5 Å². The first-order valence-corrected chi connectivity index (χ1v) is 15.0. The predicted octanol–water partition coefficient (Wildman–Crippen LogP) is 8.92. The van der Waals surface area contributed by atoms with Crippen molar-refractivity contribution in [1.29, 1.82) is 0 Å². The van der Waals surface area contributed by atoms with Crippen LogP contribution in [0.1, 0.15) is 92.8 Å². The maximum Gasteiger partial charge on any atom is 0.128 e. The van der Waals surface area contributed by atoms with Gasteiger partial charge < -0.3 is 24.1 Å². The van der Waals surface area contributed by atoms with Crippen LogP contribution in [-0.2, 0) is 29.1 Å². The van der Waals surface area contributed by atoms with Gasteiger partial charge in [-0.2, -0.15) is 0 Å². The van der Waals surface area contributed by atoms with E-state index in [1.165, 1.54) is 5.56 Å². The number of hydrogen-bond donors (Lipinski definition) is 1. The number of rotatable bonds is 13. The molecule has 0 saturated carbocycles. The summed E-state index contributed by atoms with van der Waals surface area (Å²) in [6, 6.07) is 16.8. The van der Waals surface area contributed by atoms with Crippen molar-refractivity contribution in [2.45, 2.75) is 87.4 Å². The van der Waals surface area contributed by atoms with Gasteiger partial charge in [0.15, 0.2) is 0 Å². The molecule has 0 radical (unpaired) electrons. The van der Waals surface area contributed by atoms with Gasteiger partial charge in [-0.05, 0) is 65.8 Å². The van der Waals surface area contributed by atoms with Crippen LogP contribution < -0.4 is 9.47 Å². The number of ether oxygens (including phenoxy) is 4. The molecule has 3 aromatic carbocycles. The minimum Gasteiger partial charge on any atom is -0.507 e. The van der Waals surface area contributed by atoms with Gasteiger partial charge in [-0.1, -0.05) is 89.1 Å². The summed E-state index contributed by atoms with van der Waals surface area (Å²) in [5.74, 6) is 2.35. The number of aromatic hydroxyl groups is 1. The van der Waals surface area contributed by atoms with Gasteiger partial charge in [0.25, 0.3) is 0 Å². The average Bonchev–Trinajstić information content (AvgIpc) is 2.88. The van der Waals surface area contributed by atoms with Crippen LogP contribution in [-0.4, -0.2) is 32.5 Å². The number of benzene rings is 3. The fourth-order valence-electron chi connectivity index (χ4n) is 5.68. The Hall–Kier alpha value is -3.02. The van der Waals surface area contributed by atoms with Crippen molar-refractivity contribution in [3.8, 4) is 17.2 Å². The standard InChI is InChI=1S/C37H52O5/c1-25-17-28(34(38)30(19-25)23-39-9)21-29-18-26(2)20-31(24-40-10)35(29)42-16-15-41-32-13-11-27(12-14-32)33(37(6,7)8)22-36(3,4)5/h11-14,17-20,33,38H,15-16,21-24H2,1-10H3. The normalized spacial score (nSPS) is 12.8. The molecule has 5 nitrogen and oxygen atoms in total. The number of phenolic OH excluding ortho intramolecular Hbond substituents is 1. The molecule has 0 fully saturated rings. The van der Waals surface area contributed by atoms with Gasteiger partial charge in [-0.25, -0.2) is 0 Å². The average molecular weight is 577 g/mol. The summed E-state index contributed by atoms with van der Waals surface area (Å²) in [7, 11) is 3.32. The molecule has 0 saturated heterocycles. The summed E-state index contributed by atoms with van der Waals surface area (Å²) in [4.78, 5) is 0. The predicted molar refractivity (Wildman–Crippen MR) is 172 cm³/mol. The smallest absolute Gasteiger partial charge is 0.128 e. The highest BCUT2D eigenvalue weighted by atomic mass is 16.5. The molecular weight excluding hydrogens is 524 g/mol. The van der Waals surface area contributed by atoms with Gasteiger partial charge >= 0.3 is 0 Å². The molecule has 0 heterocycles. The first-order chi connectivity index (χ1) is 19.7. The van der Waals surface area contributed by atoms with Crippen LogP contribution in [0.4, 0.5) is 0 Å². The van der Waals surface area contributed by atoms with Crippen molar-refractivity contribution in [3.63, 3.8) is 0 Å². The highest BCUT2D eigenvalue weighted by molar-refractivity contribution is 5.51. The Balaban J connectivity index is 1.75. The number of phenols is 1. The SMILES string of the molecule is COCc1cc(C)cc(Cc2cc(C)cc(COC)c2OCCOc2ccc(C(CC(C)(C)C)C(C)(C)C)cc2)c1O. The second kappa shape index (κ2) is 14.4. The Bertz CT molecular complexity index is 1300. The molecule has 0 aliphatic rings. The summed E-state index contributed by atoms with van der Waals surface area (Å²) in [6.07, 6.45) is 1.66. The van der Waals surface area contributed by atoms with Crippen LogP contribution in [0.5, 0.6) is 17.2 Å². The largest absolute Gasteiger partial charge is 0.507 e. The minimum atomic E-state index is 0.176. The third-order valence-electron chi connectivity index (χ3n) is 7.52. The van der Waals surface area contributed by atoms with Crippen molar-refractivity contribution < 1.29 is 24.1 Å². The van der Waals surface area contributed by atoms with Crippen LogP contribution >= 0.6 is 0 Å². The quantitative estimate of drug-likeness (QED) is 0.206. The van der Waals surface area contributed by atoms with E-state index >= 15 is 0 Å². The van der Waals surface area contributed by atoms with E-state index in [2.05, 4.69) is 84.9 Å². The maximum atomic E-state index is 11.0. The molecule has 0 aromatic heterocycles. The summed E-state index contributed by atoms with van der Waals surface area (Å²) in [5, 5.41) is 11.0. The Kier molecular flexibility index (Phi) is 11.5. The van der Waals surface area contributed by atoms with Crippen LogP contribution in [0.2, 0.25) is 0 Å². The van der Waals surface area contributed by atoms with E-state index in [1.807, 2.05) is 19.1 Å². The Morgan fingerprint density at radius 2 is 1.21 bits per heavy atom. The van der Waals surface area contributed by atoms with E-state index in [-0.39, 0.29) is 16.6 Å². The van der Waals surface area contributed by atoms with Gasteiger partial charge in [0.1, 0.15) is 30.5 Å². The summed E-state index contributed by atoms with van der Waals surface area (Å²) in [5.41, 5.74) is 7.59. The van der Waals surface area contributed by atoms with E-state index in [4.69, 9.17) is 18.9 Å². The fraction of sp³-hybridized carbons (Fsp3) is 0.514. The molecule has 0 aliphatic carbocycles. The van der Waals surface area contributed by atoms with Crippen LogP contribution in [0.25, 0.3) is 0 Å². The zero-order valence-electron chi connectivity index (χ0n) is 27.5. The number of aryl methyl sites for hydroxylation is 2. The Morgan fingerprint density at radius 3 is 1.79 bits per heavy atom. The highest BCUT2D eigenvalue weighted by Gasteiger charge is 2.30. The van der Waals surface area contributed by atoms with Crippen molar-refractivity contribution in [2.75, 3.05) is 27.4 Å². The second-order valence-corrected chi connectivity index (χ2v) is 13.8. The van der Waals surface area contributed by atoms with Gasteiger partial charge in [0.05, 0.1) is 13.2 Å². The van der Waals surface area contributed by atoms with Crippen molar-refractivity contribution in [1.82, 2.24) is 0 Å². The lowest BCUT2D eigenvalue weighted by molar-refractivity contribution is 0.174. The van der Waals surface area contributed by atoms with E-state index in [9.17, 15) is 5.11 Å². The molecule has 1 atom stereocenters. The molecule has 42 heavy (non-hydrogen) atoms. The number of methoxy groups -OCH3 is 2. The monoisotopic (exact) mass is 576 g/mol. The van der Waals surface area contributed by atoms with Crippen molar-refractivity contribution in [3.05, 3.63) is 87.5 Å². The first kappa shape index (κ1) is 33.5. The van der Waals surface area contributed by atoms with Gasteiger partial charge in [0.2, 0.25) is 0 Å². The fourth-order valence-corrected chi connectivity index (χ4v) is 5.68. The highest BCUT2D eigenvalue weighted by Crippen LogP contribution is 2.43. The molecule has 3 rings (SSSR count). The summed E-state index contributed by atoms with van der Waals surface area (Å²) in [6.45, 7) is 19.6. The van der Waals surface area contributed by atoms with Crippen molar-refractivity contribution >= 4 is 0 Å². The maximum absolute atomic E-state index is 11.0. The van der Waals surface area contributed by atoms with Gasteiger partial charge in [-0.15, -0.1) is 0 Å². The Labute approximate surface area is 254 Å². The first-order valence-electron chi connectivity index (χ1n) is 15.0. The van der Waals surface area contributed by atoms with E-state index in [0.717, 1.165) is 51.3 Å². The third kappa shape index (κ3) is 9.50. The van der Waals surface area contributed by atoms with E-state index in [0.29, 0.717) is 38.8 Å². The zero-order chi connectivity index (χ0) is 31.1. The summed E-state index contributed by atoms with van der Waals surface area (Å²) >= 11 is 0. The molecule has 1 N–H and O–H groups in total. The lowest BCUT2D eigenvalue weighted by Crippen LogP contribution is -2.23.